The van der Waals surface area contributed by atoms with Crippen molar-refractivity contribution in [3.8, 4) is 0 Å². The van der Waals surface area contributed by atoms with Crippen molar-refractivity contribution in [1.82, 2.24) is 0 Å². The highest BCUT2D eigenvalue weighted by Gasteiger charge is 2.35. The maximum Gasteiger partial charge on any atom is -0.0298 e. The third-order valence-electron chi connectivity index (χ3n) is 3.83. The molecule has 0 bridgehead atoms. The minimum Gasteiger partial charge on any atom is -0.0625 e. The van der Waals surface area contributed by atoms with Crippen LogP contribution in [0, 0.1) is 23.2 Å². The molecule has 0 nitrogen and oxygen atoms in total. The number of rotatable bonds is 1. The van der Waals surface area contributed by atoms with E-state index in [1.807, 2.05) is 0 Å². The molecule has 1 saturated carbocycles. The van der Waals surface area contributed by atoms with Crippen molar-refractivity contribution in [3.05, 3.63) is 0 Å². The third kappa shape index (κ3) is 2.02. The molecule has 72 valence electrons. The topological polar surface area (TPSA) is 0 Å². The van der Waals surface area contributed by atoms with Crippen LogP contribution in [-0.4, -0.2) is 0 Å². The molecule has 3 atom stereocenters. The van der Waals surface area contributed by atoms with Crippen molar-refractivity contribution in [2.24, 2.45) is 23.2 Å². The fourth-order valence-corrected chi connectivity index (χ4v) is 3.00. The van der Waals surface area contributed by atoms with E-state index in [1.54, 1.807) is 0 Å². The average molecular weight is 168 g/mol. The minimum absolute atomic E-state index is 0.622. The van der Waals surface area contributed by atoms with Crippen molar-refractivity contribution in [2.75, 3.05) is 0 Å². The van der Waals surface area contributed by atoms with E-state index in [1.165, 1.54) is 19.3 Å². The highest BCUT2D eigenvalue weighted by molar-refractivity contribution is 4.86. The molecule has 0 radical (unpaired) electrons. The Labute approximate surface area is 77.7 Å². The van der Waals surface area contributed by atoms with E-state index in [2.05, 4.69) is 34.6 Å². The second kappa shape index (κ2) is 3.40. The van der Waals surface area contributed by atoms with E-state index in [0.29, 0.717) is 5.41 Å². The molecular formula is C12H24. The van der Waals surface area contributed by atoms with Gasteiger partial charge in [-0.15, -0.1) is 0 Å². The summed E-state index contributed by atoms with van der Waals surface area (Å²) in [5, 5.41) is 0. The van der Waals surface area contributed by atoms with Gasteiger partial charge in [0.05, 0.1) is 0 Å². The van der Waals surface area contributed by atoms with Crippen LogP contribution in [-0.2, 0) is 0 Å². The summed E-state index contributed by atoms with van der Waals surface area (Å²) in [4.78, 5) is 0. The maximum absolute atomic E-state index is 2.48. The smallest absolute Gasteiger partial charge is 0.0298 e. The zero-order chi connectivity index (χ0) is 9.35. The molecule has 0 heterocycles. The van der Waals surface area contributed by atoms with Crippen molar-refractivity contribution >= 4 is 0 Å². The Balaban J connectivity index is 2.65. The summed E-state index contributed by atoms with van der Waals surface area (Å²) in [6.45, 7) is 12.1. The first-order valence-electron chi connectivity index (χ1n) is 5.44. The lowest BCUT2D eigenvalue weighted by Crippen LogP contribution is -2.33. The Bertz CT molecular complexity index is 136. The fraction of sp³-hybridized carbons (Fsp3) is 1.00. The van der Waals surface area contributed by atoms with Gasteiger partial charge in [0.15, 0.2) is 0 Å². The Hall–Kier alpha value is 0. The second-order valence-electron chi connectivity index (χ2n) is 5.66. The van der Waals surface area contributed by atoms with E-state index < -0.39 is 0 Å². The van der Waals surface area contributed by atoms with Gasteiger partial charge in [0.1, 0.15) is 0 Å². The average Bonchev–Trinajstić information content (AvgIpc) is 1.82. The molecule has 0 aromatic carbocycles. The summed E-state index contributed by atoms with van der Waals surface area (Å²) >= 11 is 0. The molecular weight excluding hydrogens is 144 g/mol. The molecule has 0 N–H and O–H groups in total. The van der Waals surface area contributed by atoms with Gasteiger partial charge >= 0.3 is 0 Å². The molecule has 0 aromatic rings. The third-order valence-corrected chi connectivity index (χ3v) is 3.83. The van der Waals surface area contributed by atoms with Crippen molar-refractivity contribution in [3.63, 3.8) is 0 Å². The zero-order valence-electron chi connectivity index (χ0n) is 9.35. The van der Waals surface area contributed by atoms with E-state index in [-0.39, 0.29) is 0 Å². The fourth-order valence-electron chi connectivity index (χ4n) is 3.00. The Morgan fingerprint density at radius 2 is 1.50 bits per heavy atom. The van der Waals surface area contributed by atoms with Crippen molar-refractivity contribution in [2.45, 2.75) is 53.9 Å². The molecule has 1 rings (SSSR count). The molecule has 0 heteroatoms. The maximum atomic E-state index is 2.48. The van der Waals surface area contributed by atoms with Crippen LogP contribution in [0.5, 0.6) is 0 Å². The van der Waals surface area contributed by atoms with E-state index in [0.717, 1.165) is 17.8 Å². The van der Waals surface area contributed by atoms with Gasteiger partial charge in [-0.05, 0) is 42.4 Å². The summed E-state index contributed by atoms with van der Waals surface area (Å²) in [6.07, 6.45) is 4.33. The first-order chi connectivity index (χ1) is 5.44. The molecule has 0 saturated heterocycles. The van der Waals surface area contributed by atoms with Crippen LogP contribution in [0.4, 0.5) is 0 Å². The van der Waals surface area contributed by atoms with Crippen LogP contribution in [0.1, 0.15) is 53.9 Å². The number of hydrogen-bond donors (Lipinski definition) is 0. The predicted molar refractivity (Wildman–Crippen MR) is 55.1 cm³/mol. The van der Waals surface area contributed by atoms with Crippen LogP contribution in [0.25, 0.3) is 0 Å². The SMILES string of the molecule is CC1C[C@H](C)CC(C)(C(C)C)C1. The molecule has 1 aliphatic carbocycles. The van der Waals surface area contributed by atoms with Gasteiger partial charge in [0, 0.05) is 0 Å². The van der Waals surface area contributed by atoms with Crippen molar-refractivity contribution < 1.29 is 0 Å². The molecule has 2 unspecified atom stereocenters. The van der Waals surface area contributed by atoms with Crippen molar-refractivity contribution in [1.29, 1.82) is 0 Å². The molecule has 0 aliphatic heterocycles. The molecule has 0 aromatic heterocycles. The molecule has 0 spiro atoms. The Morgan fingerprint density at radius 3 is 1.83 bits per heavy atom. The predicted octanol–water partition coefficient (Wildman–Crippen LogP) is 4.10. The quantitative estimate of drug-likeness (QED) is 0.553. The van der Waals surface area contributed by atoms with Gasteiger partial charge in [-0.25, -0.2) is 0 Å². The molecule has 12 heavy (non-hydrogen) atoms. The van der Waals surface area contributed by atoms with Gasteiger partial charge in [-0.1, -0.05) is 34.6 Å². The van der Waals surface area contributed by atoms with E-state index >= 15 is 0 Å². The monoisotopic (exact) mass is 168 g/mol. The normalized spacial score (nSPS) is 43.5. The standard InChI is InChI=1S/C12H24/c1-9(2)12(5)7-10(3)6-11(4)8-12/h9-11H,6-8H2,1-5H3/t10-,11?,12?/m0/s1. The highest BCUT2D eigenvalue weighted by atomic mass is 14.4. The number of hydrogen-bond acceptors (Lipinski definition) is 0. The summed E-state index contributed by atoms with van der Waals surface area (Å²) < 4.78 is 0. The van der Waals surface area contributed by atoms with Crippen LogP contribution in [0.3, 0.4) is 0 Å². The summed E-state index contributed by atoms with van der Waals surface area (Å²) in [5.74, 6) is 2.74. The first-order valence-corrected chi connectivity index (χ1v) is 5.44. The summed E-state index contributed by atoms with van der Waals surface area (Å²) in [6, 6.07) is 0. The minimum atomic E-state index is 0.622. The molecule has 1 fully saturated rings. The summed E-state index contributed by atoms with van der Waals surface area (Å²) in [7, 11) is 0. The Morgan fingerprint density at radius 1 is 1.08 bits per heavy atom. The zero-order valence-corrected chi connectivity index (χ0v) is 9.35. The van der Waals surface area contributed by atoms with Crippen LogP contribution in [0.2, 0.25) is 0 Å². The molecule has 0 amide bonds. The highest BCUT2D eigenvalue weighted by Crippen LogP contribution is 2.46. The van der Waals surface area contributed by atoms with Gasteiger partial charge in [0.2, 0.25) is 0 Å². The lowest BCUT2D eigenvalue weighted by molar-refractivity contribution is 0.0746. The van der Waals surface area contributed by atoms with Gasteiger partial charge in [-0.3, -0.25) is 0 Å². The van der Waals surface area contributed by atoms with E-state index in [4.69, 9.17) is 0 Å². The van der Waals surface area contributed by atoms with E-state index in [9.17, 15) is 0 Å². The van der Waals surface area contributed by atoms with Gasteiger partial charge < -0.3 is 0 Å². The Kier molecular flexibility index (Phi) is 2.85. The molecule has 1 aliphatic rings. The lowest BCUT2D eigenvalue weighted by atomic mass is 9.62. The first kappa shape index (κ1) is 10.1. The summed E-state index contributed by atoms with van der Waals surface area (Å²) in [5.41, 5.74) is 0.622. The van der Waals surface area contributed by atoms with Crippen LogP contribution in [0.15, 0.2) is 0 Å². The van der Waals surface area contributed by atoms with Crippen LogP contribution >= 0.6 is 0 Å². The van der Waals surface area contributed by atoms with Gasteiger partial charge in [-0.2, -0.15) is 0 Å². The van der Waals surface area contributed by atoms with Crippen LogP contribution < -0.4 is 0 Å². The van der Waals surface area contributed by atoms with Gasteiger partial charge in [0.25, 0.3) is 0 Å². The largest absolute Gasteiger partial charge is 0.0625 e. The lowest BCUT2D eigenvalue weighted by Gasteiger charge is -2.43. The second-order valence-corrected chi connectivity index (χ2v) is 5.66.